The van der Waals surface area contributed by atoms with E-state index in [-0.39, 0.29) is 36.8 Å². The zero-order valence-corrected chi connectivity index (χ0v) is 22.0. The number of aromatic nitrogens is 2. The number of amides is 4. The number of benzene rings is 1. The van der Waals surface area contributed by atoms with Crippen molar-refractivity contribution in [2.75, 3.05) is 13.1 Å². The minimum atomic E-state index is -1.38. The highest BCUT2D eigenvalue weighted by Crippen LogP contribution is 2.20. The summed E-state index contributed by atoms with van der Waals surface area (Å²) in [5.74, 6) is -2.10. The van der Waals surface area contributed by atoms with Crippen LogP contribution in [0.4, 0.5) is 0 Å². The Bertz CT molecular complexity index is 1340. The predicted molar refractivity (Wildman–Crippen MR) is 139 cm³/mol. The Labute approximate surface area is 229 Å². The number of oxazole rings is 1. The minimum Gasteiger partial charge on any atom is -0.446 e. The normalized spacial score (nSPS) is 22.2. The fourth-order valence-electron chi connectivity index (χ4n) is 3.97. The zero-order chi connectivity index (χ0) is 28.6. The lowest BCUT2D eigenvalue weighted by Crippen LogP contribution is -2.56. The number of aliphatic hydroxyl groups excluding tert-OH is 1. The molecule has 4 bridgehead atoms. The molecule has 0 radical (unpaired) electrons. The largest absolute Gasteiger partial charge is 0.446 e. The Morgan fingerprint density at radius 2 is 1.75 bits per heavy atom. The highest BCUT2D eigenvalue weighted by molar-refractivity contribution is 5.97. The summed E-state index contributed by atoms with van der Waals surface area (Å²) in [5.41, 5.74) is 0.736. The highest BCUT2D eigenvalue weighted by atomic mass is 16.5. The second kappa shape index (κ2) is 13.0. The van der Waals surface area contributed by atoms with Gasteiger partial charge in [-0.15, -0.1) is 0 Å². The molecule has 3 heterocycles. The average Bonchev–Trinajstić information content (AvgIpc) is 3.61. The zero-order valence-electron chi connectivity index (χ0n) is 22.0. The standard InChI is InChI=1S/C26H31N7O7/c1-14-22(35)28-9-8-27-12-17-11-18(33-40-17)23(36)30-19(10-16-6-4-3-5-7-16)26-31-20(13-39-26)24(37)32-21(15(2)34)25(38)29-14/h3-7,11,13-15,19,21,27,34H,8-10,12H2,1-2H3,(H,28,35)(H,29,38)(H,30,36)(H,32,37)/t14-,15-,19-,21+/m1/s1. The Hall–Kier alpha value is -4.56. The van der Waals surface area contributed by atoms with Crippen molar-refractivity contribution < 1.29 is 33.2 Å². The molecule has 1 aromatic carbocycles. The molecular weight excluding hydrogens is 522 g/mol. The van der Waals surface area contributed by atoms with Crippen LogP contribution in [0.3, 0.4) is 0 Å². The molecule has 14 heteroatoms. The van der Waals surface area contributed by atoms with Crippen LogP contribution in [0, 0.1) is 0 Å². The molecule has 2 aromatic heterocycles. The van der Waals surface area contributed by atoms with Crippen molar-refractivity contribution in [1.29, 1.82) is 0 Å². The van der Waals surface area contributed by atoms with Crippen LogP contribution in [0.25, 0.3) is 0 Å². The van der Waals surface area contributed by atoms with Gasteiger partial charge >= 0.3 is 0 Å². The van der Waals surface area contributed by atoms with Crippen molar-refractivity contribution in [3.05, 3.63) is 71.3 Å². The summed E-state index contributed by atoms with van der Waals surface area (Å²) in [4.78, 5) is 55.4. The molecule has 6 N–H and O–H groups in total. The number of fused-ring (bicyclic) bond motifs is 4. The van der Waals surface area contributed by atoms with Crippen LogP contribution < -0.4 is 26.6 Å². The van der Waals surface area contributed by atoms with Gasteiger partial charge in [0.15, 0.2) is 17.1 Å². The van der Waals surface area contributed by atoms with Gasteiger partial charge in [0.25, 0.3) is 11.8 Å². The summed E-state index contributed by atoms with van der Waals surface area (Å²) in [6.07, 6.45) is 0.0971. The van der Waals surface area contributed by atoms with Crippen molar-refractivity contribution in [2.24, 2.45) is 0 Å². The molecule has 0 saturated heterocycles. The Balaban J connectivity index is 1.62. The molecule has 212 valence electrons. The first-order valence-corrected chi connectivity index (χ1v) is 12.7. The van der Waals surface area contributed by atoms with Gasteiger partial charge in [-0.05, 0) is 19.4 Å². The first-order chi connectivity index (χ1) is 19.2. The van der Waals surface area contributed by atoms with E-state index >= 15 is 0 Å². The van der Waals surface area contributed by atoms with Gasteiger partial charge in [-0.2, -0.15) is 0 Å². The van der Waals surface area contributed by atoms with Crippen molar-refractivity contribution in [2.45, 2.75) is 51.0 Å². The Kier molecular flexibility index (Phi) is 9.24. The maximum absolute atomic E-state index is 13.0. The summed E-state index contributed by atoms with van der Waals surface area (Å²) in [7, 11) is 0. The molecule has 4 rings (SSSR count). The van der Waals surface area contributed by atoms with Crippen molar-refractivity contribution >= 4 is 23.6 Å². The lowest BCUT2D eigenvalue weighted by atomic mass is 10.1. The van der Waals surface area contributed by atoms with Crippen LogP contribution in [0.15, 0.2) is 51.6 Å². The van der Waals surface area contributed by atoms with Crippen LogP contribution >= 0.6 is 0 Å². The number of hydrogen-bond acceptors (Lipinski definition) is 10. The van der Waals surface area contributed by atoms with E-state index in [2.05, 4.69) is 36.7 Å². The van der Waals surface area contributed by atoms with Crippen LogP contribution in [0.5, 0.6) is 0 Å². The van der Waals surface area contributed by atoms with Gasteiger partial charge in [-0.25, -0.2) is 4.98 Å². The topological polar surface area (TPSA) is 201 Å². The Morgan fingerprint density at radius 3 is 2.50 bits per heavy atom. The van der Waals surface area contributed by atoms with E-state index in [0.717, 1.165) is 11.8 Å². The molecule has 0 aliphatic carbocycles. The third kappa shape index (κ3) is 7.30. The summed E-state index contributed by atoms with van der Waals surface area (Å²) < 4.78 is 10.8. The minimum absolute atomic E-state index is 0.0387. The fraction of sp³-hybridized carbons (Fsp3) is 0.385. The molecule has 4 amide bonds. The number of carbonyl (C=O) groups excluding carboxylic acids is 4. The van der Waals surface area contributed by atoms with Gasteiger partial charge in [0.05, 0.1) is 12.6 Å². The van der Waals surface area contributed by atoms with E-state index < -0.39 is 47.9 Å². The van der Waals surface area contributed by atoms with Gasteiger partial charge in [-0.3, -0.25) is 19.2 Å². The van der Waals surface area contributed by atoms with Crippen LogP contribution in [-0.4, -0.2) is 70.2 Å². The second-order valence-electron chi connectivity index (χ2n) is 9.36. The molecule has 0 fully saturated rings. The van der Waals surface area contributed by atoms with E-state index in [1.165, 1.54) is 19.9 Å². The monoisotopic (exact) mass is 553 g/mol. The van der Waals surface area contributed by atoms with Gasteiger partial charge in [0, 0.05) is 25.6 Å². The third-order valence-corrected chi connectivity index (χ3v) is 6.14. The van der Waals surface area contributed by atoms with Crippen molar-refractivity contribution in [3.8, 4) is 0 Å². The van der Waals surface area contributed by atoms with E-state index in [1.807, 2.05) is 30.3 Å². The van der Waals surface area contributed by atoms with E-state index in [9.17, 15) is 24.3 Å². The van der Waals surface area contributed by atoms with E-state index in [0.29, 0.717) is 12.3 Å². The number of carbonyl (C=O) groups is 4. The molecule has 4 atom stereocenters. The quantitative estimate of drug-likeness (QED) is 0.247. The average molecular weight is 554 g/mol. The number of nitrogens with one attached hydrogen (secondary N) is 5. The molecule has 1 aliphatic heterocycles. The number of rotatable bonds is 3. The van der Waals surface area contributed by atoms with Gasteiger partial charge < -0.3 is 40.6 Å². The summed E-state index contributed by atoms with van der Waals surface area (Å²) in [6, 6.07) is 7.69. The van der Waals surface area contributed by atoms with Crippen LogP contribution in [-0.2, 0) is 22.6 Å². The molecule has 14 nitrogen and oxygen atoms in total. The summed E-state index contributed by atoms with van der Waals surface area (Å²) in [6.45, 7) is 3.67. The maximum atomic E-state index is 13.0. The van der Waals surface area contributed by atoms with Crippen LogP contribution in [0.2, 0.25) is 0 Å². The van der Waals surface area contributed by atoms with Crippen molar-refractivity contribution in [1.82, 2.24) is 36.7 Å². The highest BCUT2D eigenvalue weighted by Gasteiger charge is 2.30. The smallest absolute Gasteiger partial charge is 0.274 e. The molecule has 3 aromatic rings. The molecule has 0 saturated carbocycles. The summed E-state index contributed by atoms with van der Waals surface area (Å²) >= 11 is 0. The molecule has 1 aliphatic rings. The lowest BCUT2D eigenvalue weighted by Gasteiger charge is -2.22. The number of aliphatic hydroxyl groups is 1. The lowest BCUT2D eigenvalue weighted by molar-refractivity contribution is -0.130. The fourth-order valence-corrected chi connectivity index (χ4v) is 3.97. The first kappa shape index (κ1) is 28.4. The van der Waals surface area contributed by atoms with Crippen molar-refractivity contribution in [3.63, 3.8) is 0 Å². The Morgan fingerprint density at radius 1 is 1.00 bits per heavy atom. The third-order valence-electron chi connectivity index (χ3n) is 6.14. The molecule has 40 heavy (non-hydrogen) atoms. The number of nitrogens with zero attached hydrogens (tertiary/aromatic N) is 2. The van der Waals surface area contributed by atoms with Gasteiger partial charge in [-0.1, -0.05) is 35.5 Å². The van der Waals surface area contributed by atoms with E-state index in [4.69, 9.17) is 8.94 Å². The van der Waals surface area contributed by atoms with Gasteiger partial charge in [0.2, 0.25) is 17.7 Å². The molecule has 0 spiro atoms. The first-order valence-electron chi connectivity index (χ1n) is 12.7. The number of hydrogen-bond donors (Lipinski definition) is 6. The maximum Gasteiger partial charge on any atom is 0.274 e. The van der Waals surface area contributed by atoms with Crippen LogP contribution in [0.1, 0.15) is 58.1 Å². The predicted octanol–water partition coefficient (Wildman–Crippen LogP) is -0.420. The second-order valence-corrected chi connectivity index (χ2v) is 9.36. The molecular formula is C26H31N7O7. The van der Waals surface area contributed by atoms with Gasteiger partial charge in [0.1, 0.15) is 24.4 Å². The SMILES string of the molecule is C[C@H]1NC(=O)[C@H]([C@@H](C)O)NC(=O)c2coc(n2)[C@@H](Cc2ccccc2)NC(=O)c2cc(on2)CNCCNC1=O. The summed E-state index contributed by atoms with van der Waals surface area (Å²) in [5, 5.41) is 27.5. The van der Waals surface area contributed by atoms with E-state index in [1.54, 1.807) is 0 Å². The molecule has 0 unspecified atom stereocenters.